The highest BCUT2D eigenvalue weighted by Crippen LogP contribution is 2.32. The number of nitrogens with zero attached hydrogens (tertiary/aromatic N) is 1. The van der Waals surface area contributed by atoms with Crippen molar-refractivity contribution in [2.45, 2.75) is 64.8 Å². The Labute approximate surface area is 114 Å². The second kappa shape index (κ2) is 9.18. The van der Waals surface area contributed by atoms with E-state index in [1.54, 1.807) is 0 Å². The molecule has 1 aliphatic rings. The van der Waals surface area contributed by atoms with Gasteiger partial charge in [0.2, 0.25) is 0 Å². The highest BCUT2D eigenvalue weighted by atomic mass is 35.5. The summed E-state index contributed by atoms with van der Waals surface area (Å²) in [6, 6.07) is 0. The van der Waals surface area contributed by atoms with Crippen molar-refractivity contribution in [1.29, 1.82) is 0 Å². The van der Waals surface area contributed by atoms with Crippen LogP contribution >= 0.6 is 12.4 Å². The summed E-state index contributed by atoms with van der Waals surface area (Å²) >= 11 is 0. The summed E-state index contributed by atoms with van der Waals surface area (Å²) in [4.78, 5) is 2.72. The number of ether oxygens (including phenoxy) is 1. The van der Waals surface area contributed by atoms with Crippen molar-refractivity contribution in [2.24, 2.45) is 0 Å². The lowest BCUT2D eigenvalue weighted by molar-refractivity contribution is -0.0343. The van der Waals surface area contributed by atoms with Gasteiger partial charge < -0.3 is 4.74 Å². The van der Waals surface area contributed by atoms with E-state index in [-0.39, 0.29) is 12.4 Å². The van der Waals surface area contributed by atoms with E-state index < -0.39 is 0 Å². The van der Waals surface area contributed by atoms with E-state index >= 15 is 0 Å². The molecule has 1 saturated heterocycles. The minimum atomic E-state index is 0. The molecular weight excluding hydrogens is 234 g/mol. The van der Waals surface area contributed by atoms with Gasteiger partial charge in [0.1, 0.15) is 0 Å². The number of halogens is 1. The van der Waals surface area contributed by atoms with Crippen LogP contribution < -0.4 is 0 Å². The van der Waals surface area contributed by atoms with Crippen LogP contribution in [0.15, 0.2) is 0 Å². The van der Waals surface area contributed by atoms with Crippen molar-refractivity contribution in [3.63, 3.8) is 0 Å². The minimum absolute atomic E-state index is 0. The zero-order chi connectivity index (χ0) is 11.9. The SMILES string of the molecule is CCCC(CCC)(CCC)N1CCOCC1.Cl. The molecular formula is C14H30ClNO. The second-order valence-corrected chi connectivity index (χ2v) is 5.07. The molecule has 0 radical (unpaired) electrons. The molecule has 1 rings (SSSR count). The van der Waals surface area contributed by atoms with Gasteiger partial charge in [0.15, 0.2) is 0 Å². The molecule has 0 aromatic heterocycles. The Kier molecular flexibility index (Phi) is 9.29. The Morgan fingerprint density at radius 1 is 0.882 bits per heavy atom. The molecule has 3 heteroatoms. The van der Waals surface area contributed by atoms with Crippen LogP contribution in [0.1, 0.15) is 59.3 Å². The standard InChI is InChI=1S/C14H29NO.ClH/c1-4-7-14(8-5-2,9-6-3)15-10-12-16-13-11-15;/h4-13H2,1-3H3;1H. The molecule has 0 N–H and O–H groups in total. The Bertz CT molecular complexity index is 164. The maximum Gasteiger partial charge on any atom is 0.0594 e. The molecule has 1 fully saturated rings. The number of hydrogen-bond acceptors (Lipinski definition) is 2. The van der Waals surface area contributed by atoms with Crippen molar-refractivity contribution in [3.05, 3.63) is 0 Å². The van der Waals surface area contributed by atoms with Crippen molar-refractivity contribution < 1.29 is 4.74 Å². The third-order valence-electron chi connectivity index (χ3n) is 3.83. The first-order valence-electron chi connectivity index (χ1n) is 7.12. The van der Waals surface area contributed by atoms with Gasteiger partial charge in [0.25, 0.3) is 0 Å². The Morgan fingerprint density at radius 3 is 1.65 bits per heavy atom. The topological polar surface area (TPSA) is 12.5 Å². The Balaban J connectivity index is 0.00000256. The third-order valence-corrected chi connectivity index (χ3v) is 3.83. The number of rotatable bonds is 7. The maximum absolute atomic E-state index is 5.49. The first-order valence-corrected chi connectivity index (χ1v) is 7.12. The molecule has 0 aliphatic carbocycles. The zero-order valence-corrected chi connectivity index (χ0v) is 12.7. The molecule has 0 unspecified atom stereocenters. The lowest BCUT2D eigenvalue weighted by Crippen LogP contribution is -2.53. The second-order valence-electron chi connectivity index (χ2n) is 5.07. The molecule has 2 nitrogen and oxygen atoms in total. The predicted molar refractivity (Wildman–Crippen MR) is 77.1 cm³/mol. The van der Waals surface area contributed by atoms with Crippen LogP contribution in [0.5, 0.6) is 0 Å². The first-order chi connectivity index (χ1) is 7.79. The van der Waals surface area contributed by atoms with Gasteiger partial charge in [-0.05, 0) is 19.3 Å². The van der Waals surface area contributed by atoms with E-state index in [9.17, 15) is 0 Å². The summed E-state index contributed by atoms with van der Waals surface area (Å²) in [5.74, 6) is 0. The molecule has 0 aromatic rings. The summed E-state index contributed by atoms with van der Waals surface area (Å²) in [6.07, 6.45) is 7.98. The quantitative estimate of drug-likeness (QED) is 0.691. The van der Waals surface area contributed by atoms with Crippen LogP contribution in [0.4, 0.5) is 0 Å². The van der Waals surface area contributed by atoms with Gasteiger partial charge >= 0.3 is 0 Å². The minimum Gasteiger partial charge on any atom is -0.379 e. The molecule has 0 aromatic carbocycles. The van der Waals surface area contributed by atoms with Crippen LogP contribution in [0.2, 0.25) is 0 Å². The number of hydrogen-bond donors (Lipinski definition) is 0. The van der Waals surface area contributed by atoms with Crippen molar-refractivity contribution >= 4 is 12.4 Å². The predicted octanol–water partition coefficient (Wildman–Crippen LogP) is 3.88. The molecule has 0 saturated carbocycles. The van der Waals surface area contributed by atoms with E-state index in [2.05, 4.69) is 25.7 Å². The summed E-state index contributed by atoms with van der Waals surface area (Å²) in [5, 5.41) is 0. The van der Waals surface area contributed by atoms with Crippen LogP contribution in [0, 0.1) is 0 Å². The van der Waals surface area contributed by atoms with Gasteiger partial charge in [-0.15, -0.1) is 12.4 Å². The van der Waals surface area contributed by atoms with Crippen LogP contribution in [0.3, 0.4) is 0 Å². The van der Waals surface area contributed by atoms with Crippen molar-refractivity contribution in [2.75, 3.05) is 26.3 Å². The summed E-state index contributed by atoms with van der Waals surface area (Å²) in [6.45, 7) is 11.1. The van der Waals surface area contributed by atoms with E-state index in [1.165, 1.54) is 38.5 Å². The Hall–Kier alpha value is 0.210. The highest BCUT2D eigenvalue weighted by molar-refractivity contribution is 5.85. The molecule has 17 heavy (non-hydrogen) atoms. The lowest BCUT2D eigenvalue weighted by atomic mass is 9.82. The van der Waals surface area contributed by atoms with Gasteiger partial charge in [0.05, 0.1) is 13.2 Å². The molecule has 104 valence electrons. The average Bonchev–Trinajstić information content (AvgIpc) is 2.31. The van der Waals surface area contributed by atoms with E-state index in [4.69, 9.17) is 4.74 Å². The van der Waals surface area contributed by atoms with Crippen LogP contribution in [-0.2, 0) is 4.74 Å². The number of morpholine rings is 1. The first kappa shape index (κ1) is 17.2. The molecule has 1 aliphatic heterocycles. The zero-order valence-electron chi connectivity index (χ0n) is 11.8. The van der Waals surface area contributed by atoms with Gasteiger partial charge in [0, 0.05) is 18.6 Å². The fraction of sp³-hybridized carbons (Fsp3) is 1.00. The van der Waals surface area contributed by atoms with Gasteiger partial charge in [-0.3, -0.25) is 4.90 Å². The normalized spacial score (nSPS) is 17.8. The Morgan fingerprint density at radius 2 is 1.29 bits per heavy atom. The molecule has 1 heterocycles. The molecule has 0 atom stereocenters. The van der Waals surface area contributed by atoms with Crippen LogP contribution in [0.25, 0.3) is 0 Å². The molecule has 0 amide bonds. The van der Waals surface area contributed by atoms with E-state index in [0.29, 0.717) is 5.54 Å². The third kappa shape index (κ3) is 4.76. The highest BCUT2D eigenvalue weighted by Gasteiger charge is 2.34. The smallest absolute Gasteiger partial charge is 0.0594 e. The van der Waals surface area contributed by atoms with Gasteiger partial charge in [-0.2, -0.15) is 0 Å². The molecule has 0 bridgehead atoms. The van der Waals surface area contributed by atoms with Crippen molar-refractivity contribution in [1.82, 2.24) is 4.90 Å². The van der Waals surface area contributed by atoms with E-state index in [1.807, 2.05) is 0 Å². The van der Waals surface area contributed by atoms with Gasteiger partial charge in [-0.1, -0.05) is 40.0 Å². The largest absolute Gasteiger partial charge is 0.379 e. The lowest BCUT2D eigenvalue weighted by Gasteiger charge is -2.46. The van der Waals surface area contributed by atoms with Gasteiger partial charge in [-0.25, -0.2) is 0 Å². The van der Waals surface area contributed by atoms with Crippen LogP contribution in [-0.4, -0.2) is 36.7 Å². The summed E-state index contributed by atoms with van der Waals surface area (Å²) in [7, 11) is 0. The fourth-order valence-electron chi connectivity index (χ4n) is 3.28. The summed E-state index contributed by atoms with van der Waals surface area (Å²) in [5.41, 5.74) is 0.474. The summed E-state index contributed by atoms with van der Waals surface area (Å²) < 4.78 is 5.49. The van der Waals surface area contributed by atoms with E-state index in [0.717, 1.165) is 26.3 Å². The fourth-order valence-corrected chi connectivity index (χ4v) is 3.28. The van der Waals surface area contributed by atoms with Crippen molar-refractivity contribution in [3.8, 4) is 0 Å². The monoisotopic (exact) mass is 263 g/mol. The maximum atomic E-state index is 5.49. The molecule has 0 spiro atoms. The average molecular weight is 264 g/mol.